The lowest BCUT2D eigenvalue weighted by molar-refractivity contribution is 0.154. The van der Waals surface area contributed by atoms with Crippen molar-refractivity contribution in [2.24, 2.45) is 5.92 Å². The van der Waals surface area contributed by atoms with E-state index in [9.17, 15) is 9.90 Å². The summed E-state index contributed by atoms with van der Waals surface area (Å²) >= 11 is 6.09. The van der Waals surface area contributed by atoms with Crippen molar-refractivity contribution in [2.45, 2.75) is 39.3 Å². The number of likely N-dealkylation sites (tertiary alicyclic amines) is 1. The Morgan fingerprint density at radius 2 is 1.89 bits per heavy atom. The molecular formula is C22H29ClN2O3. The van der Waals surface area contributed by atoms with Crippen LogP contribution in [0.5, 0.6) is 5.75 Å². The first-order valence-corrected chi connectivity index (χ1v) is 10.2. The van der Waals surface area contributed by atoms with Crippen molar-refractivity contribution >= 4 is 11.6 Å². The third-order valence-corrected chi connectivity index (χ3v) is 5.94. The first-order chi connectivity index (χ1) is 13.4. The minimum Gasteiger partial charge on any atom is -0.507 e. The Balaban J connectivity index is 2.12. The predicted octanol–water partition coefficient (Wildman–Crippen LogP) is 3.98. The van der Waals surface area contributed by atoms with Crippen LogP contribution in [-0.2, 0) is 11.3 Å². The number of ether oxygens (including phenoxy) is 1. The lowest BCUT2D eigenvalue weighted by atomic mass is 9.92. The van der Waals surface area contributed by atoms with Crippen LogP contribution < -0.4 is 5.56 Å². The highest BCUT2D eigenvalue weighted by Gasteiger charge is 2.31. The normalized spacial score (nSPS) is 17.0. The van der Waals surface area contributed by atoms with Gasteiger partial charge in [0.15, 0.2) is 0 Å². The van der Waals surface area contributed by atoms with Crippen molar-refractivity contribution in [1.82, 2.24) is 9.47 Å². The summed E-state index contributed by atoms with van der Waals surface area (Å²) in [4.78, 5) is 15.7. The number of halogens is 1. The van der Waals surface area contributed by atoms with Crippen molar-refractivity contribution in [3.8, 4) is 5.75 Å². The Morgan fingerprint density at radius 1 is 1.25 bits per heavy atom. The van der Waals surface area contributed by atoms with Crippen LogP contribution in [0.3, 0.4) is 0 Å². The number of rotatable bonds is 6. The van der Waals surface area contributed by atoms with E-state index in [0.29, 0.717) is 29.7 Å². The Morgan fingerprint density at radius 3 is 2.50 bits per heavy atom. The van der Waals surface area contributed by atoms with E-state index >= 15 is 0 Å². The quantitative estimate of drug-likeness (QED) is 0.791. The first-order valence-electron chi connectivity index (χ1n) is 9.84. The molecule has 1 aliphatic rings. The van der Waals surface area contributed by atoms with Gasteiger partial charge in [-0.3, -0.25) is 9.69 Å². The van der Waals surface area contributed by atoms with Crippen LogP contribution >= 0.6 is 11.6 Å². The van der Waals surface area contributed by atoms with Gasteiger partial charge in [0.1, 0.15) is 5.75 Å². The molecule has 1 fully saturated rings. The molecule has 28 heavy (non-hydrogen) atoms. The summed E-state index contributed by atoms with van der Waals surface area (Å²) < 4.78 is 6.85. The number of hydrogen-bond donors (Lipinski definition) is 1. The van der Waals surface area contributed by atoms with Crippen LogP contribution in [0.15, 0.2) is 35.1 Å². The van der Waals surface area contributed by atoms with E-state index in [2.05, 4.69) is 11.8 Å². The molecule has 6 heteroatoms. The van der Waals surface area contributed by atoms with Crippen LogP contribution in [0.25, 0.3) is 0 Å². The third-order valence-electron chi connectivity index (χ3n) is 5.68. The molecule has 0 aliphatic carbocycles. The maximum Gasteiger partial charge on any atom is 0.259 e. The molecule has 0 unspecified atom stereocenters. The highest BCUT2D eigenvalue weighted by Crippen LogP contribution is 2.35. The van der Waals surface area contributed by atoms with E-state index < -0.39 is 0 Å². The molecule has 1 N–H and O–H groups in total. The first kappa shape index (κ1) is 20.9. The zero-order chi connectivity index (χ0) is 20.3. The maximum atomic E-state index is 13.4. The molecule has 0 saturated carbocycles. The summed E-state index contributed by atoms with van der Waals surface area (Å²) in [6.45, 7) is 6.77. The fourth-order valence-corrected chi connectivity index (χ4v) is 4.10. The van der Waals surface area contributed by atoms with Crippen LogP contribution in [0.4, 0.5) is 0 Å². The van der Waals surface area contributed by atoms with Gasteiger partial charge in [-0.15, -0.1) is 0 Å². The second-order valence-corrected chi connectivity index (χ2v) is 8.14. The lowest BCUT2D eigenvalue weighted by Crippen LogP contribution is -2.40. The van der Waals surface area contributed by atoms with Crippen molar-refractivity contribution < 1.29 is 9.84 Å². The van der Waals surface area contributed by atoms with Gasteiger partial charge in [-0.1, -0.05) is 30.7 Å². The molecule has 3 rings (SSSR count). The summed E-state index contributed by atoms with van der Waals surface area (Å²) in [6, 6.07) is 8.96. The molecule has 5 nitrogen and oxygen atoms in total. The smallest absolute Gasteiger partial charge is 0.259 e. The number of benzene rings is 1. The van der Waals surface area contributed by atoms with E-state index in [1.807, 2.05) is 31.2 Å². The molecule has 0 spiro atoms. The van der Waals surface area contributed by atoms with Gasteiger partial charge in [0.25, 0.3) is 5.56 Å². The summed E-state index contributed by atoms with van der Waals surface area (Å²) in [5, 5.41) is 11.4. The molecule has 2 aromatic rings. The number of pyridine rings is 1. The topological polar surface area (TPSA) is 54.7 Å². The number of piperidine rings is 1. The van der Waals surface area contributed by atoms with Crippen molar-refractivity contribution in [1.29, 1.82) is 0 Å². The highest BCUT2D eigenvalue weighted by molar-refractivity contribution is 6.30. The number of aryl methyl sites for hydroxylation is 1. The molecule has 1 aliphatic heterocycles. The van der Waals surface area contributed by atoms with Gasteiger partial charge in [-0.25, -0.2) is 0 Å². The molecule has 1 aromatic carbocycles. The maximum absolute atomic E-state index is 13.4. The van der Waals surface area contributed by atoms with Crippen LogP contribution in [0, 0.1) is 12.8 Å². The number of aromatic nitrogens is 1. The second kappa shape index (κ2) is 9.12. The van der Waals surface area contributed by atoms with Gasteiger partial charge in [0.2, 0.25) is 0 Å². The second-order valence-electron chi connectivity index (χ2n) is 7.71. The highest BCUT2D eigenvalue weighted by atomic mass is 35.5. The Labute approximate surface area is 171 Å². The van der Waals surface area contributed by atoms with Crippen molar-refractivity contribution in [2.75, 3.05) is 26.8 Å². The Hall–Kier alpha value is -1.82. The monoisotopic (exact) mass is 404 g/mol. The fourth-order valence-electron chi connectivity index (χ4n) is 3.98. The Kier molecular flexibility index (Phi) is 6.81. The summed E-state index contributed by atoms with van der Waals surface area (Å²) in [5.74, 6) is 0.724. The van der Waals surface area contributed by atoms with Gasteiger partial charge in [0, 0.05) is 24.4 Å². The molecule has 152 valence electrons. The summed E-state index contributed by atoms with van der Waals surface area (Å²) in [7, 11) is 1.62. The number of hydrogen-bond acceptors (Lipinski definition) is 4. The number of methoxy groups -OCH3 is 1. The molecule has 1 atom stereocenters. The number of nitrogens with zero attached hydrogens (tertiary/aromatic N) is 2. The van der Waals surface area contributed by atoms with E-state index in [1.54, 1.807) is 17.7 Å². The van der Waals surface area contributed by atoms with Crippen molar-refractivity contribution in [3.63, 3.8) is 0 Å². The summed E-state index contributed by atoms with van der Waals surface area (Å²) in [6.07, 6.45) is 2.16. The van der Waals surface area contributed by atoms with E-state index in [0.717, 1.165) is 37.2 Å². The standard InChI is InChI=1S/C22H29ClN2O3/c1-15-8-10-24(11-9-15)21(17-4-6-18(23)7-5-17)20-19(26)14-16(2)25(22(20)27)12-13-28-3/h4-7,14-15,21,26H,8-13H2,1-3H3/t21-/m1/s1. The van der Waals surface area contributed by atoms with Gasteiger partial charge in [-0.05, 0) is 62.5 Å². The molecule has 1 saturated heterocycles. The van der Waals surface area contributed by atoms with E-state index in [4.69, 9.17) is 16.3 Å². The molecular weight excluding hydrogens is 376 g/mol. The molecule has 0 radical (unpaired) electrons. The number of aromatic hydroxyl groups is 1. The van der Waals surface area contributed by atoms with Gasteiger partial charge in [0.05, 0.1) is 18.2 Å². The fraction of sp³-hybridized carbons (Fsp3) is 0.500. The van der Waals surface area contributed by atoms with Crippen LogP contribution in [0.2, 0.25) is 5.02 Å². The van der Waals surface area contributed by atoms with Gasteiger partial charge in [-0.2, -0.15) is 0 Å². The van der Waals surface area contributed by atoms with E-state index in [1.165, 1.54) is 0 Å². The third kappa shape index (κ3) is 4.43. The minimum atomic E-state index is -0.299. The van der Waals surface area contributed by atoms with E-state index in [-0.39, 0.29) is 17.4 Å². The molecule has 2 heterocycles. The van der Waals surface area contributed by atoms with Crippen LogP contribution in [0.1, 0.15) is 42.6 Å². The lowest BCUT2D eigenvalue weighted by Gasteiger charge is -2.37. The average Bonchev–Trinajstić information content (AvgIpc) is 2.67. The van der Waals surface area contributed by atoms with Crippen molar-refractivity contribution in [3.05, 3.63) is 62.5 Å². The zero-order valence-electron chi connectivity index (χ0n) is 16.8. The Bertz CT molecular complexity index is 855. The summed E-state index contributed by atoms with van der Waals surface area (Å²) in [5.41, 5.74) is 1.96. The predicted molar refractivity (Wildman–Crippen MR) is 112 cm³/mol. The SMILES string of the molecule is COCCn1c(C)cc(O)c([C@@H](c2ccc(Cl)cc2)N2CCC(C)CC2)c1=O. The molecule has 1 aromatic heterocycles. The zero-order valence-corrected chi connectivity index (χ0v) is 17.6. The largest absolute Gasteiger partial charge is 0.507 e. The minimum absolute atomic E-state index is 0.0507. The van der Waals surface area contributed by atoms with Gasteiger partial charge >= 0.3 is 0 Å². The average molecular weight is 405 g/mol. The van der Waals surface area contributed by atoms with Gasteiger partial charge < -0.3 is 14.4 Å². The molecule has 0 amide bonds. The van der Waals surface area contributed by atoms with Crippen LogP contribution in [-0.4, -0.2) is 41.4 Å². The molecule has 0 bridgehead atoms.